The van der Waals surface area contributed by atoms with Gasteiger partial charge in [0, 0.05) is 13.1 Å². The second-order valence-electron chi connectivity index (χ2n) is 5.22. The molecule has 4 nitrogen and oxygen atoms in total. The van der Waals surface area contributed by atoms with Crippen molar-refractivity contribution in [3.8, 4) is 0 Å². The van der Waals surface area contributed by atoms with Crippen LogP contribution in [-0.4, -0.2) is 42.1 Å². The molecule has 2 rings (SSSR count). The molecule has 0 bridgehead atoms. The van der Waals surface area contributed by atoms with Gasteiger partial charge < -0.3 is 20.3 Å². The highest BCUT2D eigenvalue weighted by Crippen LogP contribution is 2.32. The highest BCUT2D eigenvalue weighted by Gasteiger charge is 2.29. The minimum atomic E-state index is -0.532. The van der Waals surface area contributed by atoms with Crippen LogP contribution in [0, 0.1) is 5.92 Å². The molecule has 0 radical (unpaired) electrons. The van der Waals surface area contributed by atoms with E-state index in [9.17, 15) is 10.2 Å². The summed E-state index contributed by atoms with van der Waals surface area (Å²) in [6, 6.07) is 9.90. The van der Waals surface area contributed by atoms with E-state index in [1.54, 1.807) is 0 Å². The first-order chi connectivity index (χ1) is 9.25. The first-order valence-electron chi connectivity index (χ1n) is 6.94. The molecule has 0 heterocycles. The van der Waals surface area contributed by atoms with Gasteiger partial charge in [-0.1, -0.05) is 30.3 Å². The predicted molar refractivity (Wildman–Crippen MR) is 73.7 cm³/mol. The maximum atomic E-state index is 9.73. The fourth-order valence-corrected chi connectivity index (χ4v) is 1.99. The summed E-state index contributed by atoms with van der Waals surface area (Å²) in [6.45, 7) is 1.84. The Bertz CT molecular complexity index is 354. The molecule has 2 unspecified atom stereocenters. The fourth-order valence-electron chi connectivity index (χ4n) is 1.99. The zero-order valence-corrected chi connectivity index (χ0v) is 11.2. The minimum Gasteiger partial charge on any atom is -0.392 e. The second kappa shape index (κ2) is 7.60. The lowest BCUT2D eigenvalue weighted by atomic mass is 10.2. The molecule has 3 N–H and O–H groups in total. The molecule has 0 aliphatic heterocycles. The van der Waals surface area contributed by atoms with Crippen LogP contribution in [-0.2, 0) is 11.3 Å². The van der Waals surface area contributed by atoms with E-state index in [2.05, 4.69) is 5.32 Å². The summed E-state index contributed by atoms with van der Waals surface area (Å²) in [7, 11) is 0. The Kier molecular flexibility index (Phi) is 5.79. The number of rotatable bonds is 9. The summed E-state index contributed by atoms with van der Waals surface area (Å²) in [5.74, 6) is 0.471. The number of ether oxygens (including phenoxy) is 1. The summed E-state index contributed by atoms with van der Waals surface area (Å²) < 4.78 is 5.45. The van der Waals surface area contributed by atoms with Crippen molar-refractivity contribution >= 4 is 0 Å². The normalized spacial score (nSPS) is 18.2. The van der Waals surface area contributed by atoms with Crippen molar-refractivity contribution in [3.05, 3.63) is 35.9 Å². The lowest BCUT2D eigenvalue weighted by Gasteiger charge is -2.14. The molecule has 1 aromatic rings. The molecule has 1 aliphatic rings. The molecule has 1 aliphatic carbocycles. The van der Waals surface area contributed by atoms with Crippen LogP contribution >= 0.6 is 0 Å². The van der Waals surface area contributed by atoms with E-state index in [0.29, 0.717) is 32.2 Å². The molecule has 1 saturated carbocycles. The topological polar surface area (TPSA) is 61.7 Å². The predicted octanol–water partition coefficient (Wildman–Crippen LogP) is 0.925. The number of hydrogen-bond donors (Lipinski definition) is 3. The van der Waals surface area contributed by atoms with Crippen molar-refractivity contribution in [2.75, 3.05) is 19.7 Å². The van der Waals surface area contributed by atoms with Gasteiger partial charge in [0.15, 0.2) is 0 Å². The van der Waals surface area contributed by atoms with Crippen molar-refractivity contribution in [3.63, 3.8) is 0 Å². The van der Waals surface area contributed by atoms with Gasteiger partial charge >= 0.3 is 0 Å². The zero-order chi connectivity index (χ0) is 13.5. The monoisotopic (exact) mass is 265 g/mol. The van der Waals surface area contributed by atoms with Crippen molar-refractivity contribution in [1.82, 2.24) is 5.32 Å². The Morgan fingerprint density at radius 2 is 1.89 bits per heavy atom. The molecule has 0 saturated heterocycles. The van der Waals surface area contributed by atoms with E-state index in [4.69, 9.17) is 4.74 Å². The van der Waals surface area contributed by atoms with E-state index in [1.165, 1.54) is 0 Å². The Labute approximate surface area is 114 Å². The average molecular weight is 265 g/mol. The van der Waals surface area contributed by atoms with E-state index < -0.39 is 6.10 Å². The van der Waals surface area contributed by atoms with Gasteiger partial charge in [-0.05, 0) is 24.3 Å². The van der Waals surface area contributed by atoms with Gasteiger partial charge in [-0.2, -0.15) is 0 Å². The number of nitrogens with one attached hydrogen (secondary N) is 1. The van der Waals surface area contributed by atoms with Crippen LogP contribution in [0.2, 0.25) is 0 Å². The lowest BCUT2D eigenvalue weighted by Crippen LogP contribution is -2.35. The number of aliphatic hydroxyl groups is 2. The van der Waals surface area contributed by atoms with E-state index >= 15 is 0 Å². The Morgan fingerprint density at radius 3 is 2.58 bits per heavy atom. The van der Waals surface area contributed by atoms with E-state index in [-0.39, 0.29) is 6.10 Å². The molecule has 0 aromatic heterocycles. The first-order valence-corrected chi connectivity index (χ1v) is 6.94. The highest BCUT2D eigenvalue weighted by atomic mass is 16.5. The fraction of sp³-hybridized carbons (Fsp3) is 0.600. The minimum absolute atomic E-state index is 0.266. The highest BCUT2D eigenvalue weighted by molar-refractivity contribution is 5.13. The Hall–Kier alpha value is -0.940. The molecule has 1 fully saturated rings. The van der Waals surface area contributed by atoms with Crippen LogP contribution in [0.3, 0.4) is 0 Å². The molecule has 0 amide bonds. The maximum absolute atomic E-state index is 9.73. The molecule has 4 heteroatoms. The van der Waals surface area contributed by atoms with E-state index in [0.717, 1.165) is 18.4 Å². The second-order valence-corrected chi connectivity index (χ2v) is 5.22. The van der Waals surface area contributed by atoms with Gasteiger partial charge in [0.1, 0.15) is 0 Å². The van der Waals surface area contributed by atoms with Crippen molar-refractivity contribution in [1.29, 1.82) is 0 Å². The smallest absolute Gasteiger partial charge is 0.0897 e. The van der Waals surface area contributed by atoms with Gasteiger partial charge in [0.25, 0.3) is 0 Å². The van der Waals surface area contributed by atoms with Crippen molar-refractivity contribution < 1.29 is 14.9 Å². The summed E-state index contributed by atoms with van der Waals surface area (Å²) in [5.41, 5.74) is 1.10. The van der Waals surface area contributed by atoms with Crippen LogP contribution in [0.1, 0.15) is 18.4 Å². The first kappa shape index (κ1) is 14.5. The van der Waals surface area contributed by atoms with Crippen molar-refractivity contribution in [2.24, 2.45) is 5.92 Å². The Balaban J connectivity index is 1.50. The average Bonchev–Trinajstić information content (AvgIpc) is 3.24. The lowest BCUT2D eigenvalue weighted by molar-refractivity contribution is 0.0270. The van der Waals surface area contributed by atoms with Gasteiger partial charge in [-0.25, -0.2) is 0 Å². The van der Waals surface area contributed by atoms with Crippen LogP contribution in [0.4, 0.5) is 0 Å². The van der Waals surface area contributed by atoms with Crippen molar-refractivity contribution in [2.45, 2.75) is 31.7 Å². The quantitative estimate of drug-likeness (QED) is 0.621. The molecule has 106 valence electrons. The Morgan fingerprint density at radius 1 is 1.16 bits per heavy atom. The van der Waals surface area contributed by atoms with Gasteiger partial charge in [0.2, 0.25) is 0 Å². The third kappa shape index (κ3) is 5.70. The van der Waals surface area contributed by atoms with Crippen LogP contribution in [0.5, 0.6) is 0 Å². The molecule has 0 spiro atoms. The SMILES string of the molecule is OC(CNCC(O)C1CC1)COCc1ccccc1. The third-order valence-electron chi connectivity index (χ3n) is 3.32. The number of aliphatic hydroxyl groups excluding tert-OH is 2. The largest absolute Gasteiger partial charge is 0.392 e. The van der Waals surface area contributed by atoms with Crippen LogP contribution in [0.15, 0.2) is 30.3 Å². The maximum Gasteiger partial charge on any atom is 0.0897 e. The summed E-state index contributed by atoms with van der Waals surface area (Å²) in [6.07, 6.45) is 1.46. The molecular weight excluding hydrogens is 242 g/mol. The van der Waals surface area contributed by atoms with Gasteiger partial charge in [0.05, 0.1) is 25.4 Å². The summed E-state index contributed by atoms with van der Waals surface area (Å²) in [5, 5.41) is 22.5. The van der Waals surface area contributed by atoms with Crippen LogP contribution in [0.25, 0.3) is 0 Å². The summed E-state index contributed by atoms with van der Waals surface area (Å²) in [4.78, 5) is 0. The molecule has 2 atom stereocenters. The third-order valence-corrected chi connectivity index (χ3v) is 3.32. The number of hydrogen-bond acceptors (Lipinski definition) is 4. The molecule has 19 heavy (non-hydrogen) atoms. The summed E-state index contributed by atoms with van der Waals surface area (Å²) >= 11 is 0. The standard InChI is InChI=1S/C15H23NO3/c17-14(8-16-9-15(18)13-6-7-13)11-19-10-12-4-2-1-3-5-12/h1-5,13-18H,6-11H2. The van der Waals surface area contributed by atoms with Crippen LogP contribution < -0.4 is 5.32 Å². The van der Waals surface area contributed by atoms with E-state index in [1.807, 2.05) is 30.3 Å². The number of benzene rings is 1. The van der Waals surface area contributed by atoms with Gasteiger partial charge in [-0.3, -0.25) is 0 Å². The van der Waals surface area contributed by atoms with Gasteiger partial charge in [-0.15, -0.1) is 0 Å². The zero-order valence-electron chi connectivity index (χ0n) is 11.2. The molecular formula is C15H23NO3. The molecule has 1 aromatic carbocycles.